The van der Waals surface area contributed by atoms with Gasteiger partial charge in [0.15, 0.2) is 0 Å². The van der Waals surface area contributed by atoms with Gasteiger partial charge in [-0.1, -0.05) is 115 Å². The highest BCUT2D eigenvalue weighted by Crippen LogP contribution is 2.30. The molecule has 4 aromatic heterocycles. The van der Waals surface area contributed by atoms with Crippen LogP contribution in [0.1, 0.15) is 11.1 Å². The van der Waals surface area contributed by atoms with E-state index in [1.807, 2.05) is 170 Å². The van der Waals surface area contributed by atoms with E-state index in [9.17, 15) is 20.1 Å². The van der Waals surface area contributed by atoms with Gasteiger partial charge in [-0.15, -0.1) is 0 Å². The van der Waals surface area contributed by atoms with Crippen molar-refractivity contribution in [2.75, 3.05) is 0 Å². The lowest BCUT2D eigenvalue weighted by molar-refractivity contribution is 0.996. The van der Waals surface area contributed by atoms with Crippen molar-refractivity contribution in [3.8, 4) is 68.3 Å². The molecule has 0 aliphatic carbocycles. The Kier molecular flexibility index (Phi) is 10.6. The topological polar surface area (TPSA) is 117 Å². The Morgan fingerprint density at radius 2 is 0.919 bits per heavy atom. The van der Waals surface area contributed by atoms with Crippen molar-refractivity contribution < 1.29 is 0 Å². The summed E-state index contributed by atoms with van der Waals surface area (Å²) in [7, 11) is 0. The maximum absolute atomic E-state index is 13.7. The van der Waals surface area contributed by atoms with Crippen LogP contribution in [0.3, 0.4) is 0 Å². The SMILES string of the molecule is N#Cc1ccccc1-c1cc(-c2ccccn2)cn(-c2ccc3ccccc3c2)c1=O.N#Cc1ccccc1-c1cc(-c2ccccn2)cn(-c2cccc3ccccc23)c1=O. The van der Waals surface area contributed by atoms with E-state index in [4.69, 9.17) is 0 Å². The second kappa shape index (κ2) is 17.1. The lowest BCUT2D eigenvalue weighted by Crippen LogP contribution is -2.20. The molecule has 8 nitrogen and oxygen atoms in total. The Balaban J connectivity index is 0.000000158. The largest absolute Gasteiger partial charge is 0.283 e. The van der Waals surface area contributed by atoms with Crippen LogP contribution in [0, 0.1) is 22.7 Å². The van der Waals surface area contributed by atoms with Crippen molar-refractivity contribution in [1.82, 2.24) is 19.1 Å². The average Bonchev–Trinajstić information content (AvgIpc) is 3.34. The Morgan fingerprint density at radius 1 is 0.419 bits per heavy atom. The Hall–Kier alpha value is -8.98. The highest BCUT2D eigenvalue weighted by Gasteiger charge is 2.17. The fraction of sp³-hybridized carbons (Fsp3) is 0. The molecule has 0 N–H and O–H groups in total. The molecule has 0 spiro atoms. The van der Waals surface area contributed by atoms with Crippen molar-refractivity contribution in [2.24, 2.45) is 0 Å². The molecule has 0 atom stereocenters. The van der Waals surface area contributed by atoms with E-state index in [-0.39, 0.29) is 11.1 Å². The monoisotopic (exact) mass is 798 g/mol. The Labute approximate surface area is 356 Å². The third kappa shape index (κ3) is 7.55. The molecule has 0 amide bonds. The maximum Gasteiger partial charge on any atom is 0.263 e. The molecule has 10 rings (SSSR count). The summed E-state index contributed by atoms with van der Waals surface area (Å²) in [5.41, 5.74) is 7.38. The summed E-state index contributed by atoms with van der Waals surface area (Å²) in [6.45, 7) is 0. The Morgan fingerprint density at radius 3 is 1.52 bits per heavy atom. The number of aromatic nitrogens is 4. The number of hydrogen-bond acceptors (Lipinski definition) is 6. The first-order valence-corrected chi connectivity index (χ1v) is 19.8. The second-order valence-electron chi connectivity index (χ2n) is 14.4. The van der Waals surface area contributed by atoms with Crippen LogP contribution in [-0.4, -0.2) is 19.1 Å². The smallest absolute Gasteiger partial charge is 0.263 e. The standard InChI is InChI=1S/2C27H17N3O/c28-17-20-9-2-3-11-22(20)24-16-21(25-13-5-6-15-29-25)18-30(27(24)31)26-14-7-10-19-8-1-4-12-23(19)26;28-17-21-9-3-4-10-24(21)25-16-22(26-11-5-6-14-29-26)18-30(27(25)31)23-13-12-19-7-1-2-8-20(19)15-23/h2*1-16,18H. The van der Waals surface area contributed by atoms with Gasteiger partial charge in [0.1, 0.15) is 0 Å². The van der Waals surface area contributed by atoms with Crippen LogP contribution in [0.25, 0.3) is 77.7 Å². The van der Waals surface area contributed by atoms with Gasteiger partial charge in [-0.05, 0) is 82.9 Å². The number of nitrogens with zero attached hydrogens (tertiary/aromatic N) is 6. The molecule has 10 aromatic rings. The van der Waals surface area contributed by atoms with Gasteiger partial charge in [-0.2, -0.15) is 10.5 Å². The summed E-state index contributed by atoms with van der Waals surface area (Å²) < 4.78 is 3.30. The minimum absolute atomic E-state index is 0.182. The van der Waals surface area contributed by atoms with E-state index in [0.717, 1.165) is 55.4 Å². The van der Waals surface area contributed by atoms with Gasteiger partial charge in [0, 0.05) is 69.2 Å². The molecular weight excluding hydrogens is 765 g/mol. The third-order valence-corrected chi connectivity index (χ3v) is 10.7. The van der Waals surface area contributed by atoms with Crippen LogP contribution in [0.4, 0.5) is 0 Å². The molecule has 0 unspecified atom stereocenters. The summed E-state index contributed by atoms with van der Waals surface area (Å²) in [5.74, 6) is 0. The first-order valence-electron chi connectivity index (χ1n) is 19.8. The molecule has 62 heavy (non-hydrogen) atoms. The van der Waals surface area contributed by atoms with Crippen LogP contribution < -0.4 is 11.1 Å². The van der Waals surface area contributed by atoms with Crippen molar-refractivity contribution in [3.05, 3.63) is 239 Å². The number of rotatable bonds is 6. The predicted molar refractivity (Wildman–Crippen MR) is 246 cm³/mol. The maximum atomic E-state index is 13.7. The highest BCUT2D eigenvalue weighted by molar-refractivity contribution is 5.91. The molecule has 0 fully saturated rings. The van der Waals surface area contributed by atoms with E-state index in [2.05, 4.69) is 22.1 Å². The van der Waals surface area contributed by atoms with Crippen molar-refractivity contribution in [3.63, 3.8) is 0 Å². The zero-order valence-electron chi connectivity index (χ0n) is 33.1. The van der Waals surface area contributed by atoms with Gasteiger partial charge in [0.25, 0.3) is 11.1 Å². The van der Waals surface area contributed by atoms with Crippen LogP contribution >= 0.6 is 0 Å². The predicted octanol–water partition coefficient (Wildman–Crippen LogP) is 11.2. The molecule has 0 saturated carbocycles. The quantitative estimate of drug-likeness (QED) is 0.165. The van der Waals surface area contributed by atoms with Gasteiger partial charge < -0.3 is 0 Å². The van der Waals surface area contributed by atoms with Crippen molar-refractivity contribution in [2.45, 2.75) is 0 Å². The van der Waals surface area contributed by atoms with Gasteiger partial charge in [-0.3, -0.25) is 28.7 Å². The fourth-order valence-corrected chi connectivity index (χ4v) is 7.64. The zero-order chi connectivity index (χ0) is 42.4. The zero-order valence-corrected chi connectivity index (χ0v) is 33.1. The molecule has 0 radical (unpaired) electrons. The van der Waals surface area contributed by atoms with Crippen LogP contribution in [-0.2, 0) is 0 Å². The summed E-state index contributed by atoms with van der Waals surface area (Å²) in [6.07, 6.45) is 7.09. The Bertz CT molecular complexity index is 3480. The first kappa shape index (κ1) is 38.5. The van der Waals surface area contributed by atoms with E-state index < -0.39 is 0 Å². The van der Waals surface area contributed by atoms with E-state index in [1.165, 1.54) is 0 Å². The third-order valence-electron chi connectivity index (χ3n) is 10.7. The molecule has 0 bridgehead atoms. The van der Waals surface area contributed by atoms with E-state index >= 15 is 0 Å². The molecule has 0 aliphatic rings. The van der Waals surface area contributed by atoms with Crippen LogP contribution in [0.5, 0.6) is 0 Å². The normalized spacial score (nSPS) is 10.7. The summed E-state index contributed by atoms with van der Waals surface area (Å²) in [5, 5.41) is 23.4. The lowest BCUT2D eigenvalue weighted by atomic mass is 9.99. The van der Waals surface area contributed by atoms with Gasteiger partial charge in [0.2, 0.25) is 0 Å². The molecule has 292 valence electrons. The van der Waals surface area contributed by atoms with Crippen molar-refractivity contribution >= 4 is 21.5 Å². The van der Waals surface area contributed by atoms with Gasteiger partial charge in [0.05, 0.1) is 40.3 Å². The number of benzene rings is 6. The number of pyridine rings is 4. The fourth-order valence-electron chi connectivity index (χ4n) is 7.64. The van der Waals surface area contributed by atoms with Crippen molar-refractivity contribution in [1.29, 1.82) is 10.5 Å². The molecular formula is C54H34N6O2. The van der Waals surface area contributed by atoms with E-state index in [0.29, 0.717) is 33.4 Å². The minimum atomic E-state index is -0.183. The molecule has 0 aliphatic heterocycles. The molecule has 8 heteroatoms. The molecule has 4 heterocycles. The average molecular weight is 799 g/mol. The summed E-state index contributed by atoms with van der Waals surface area (Å²) in [4.78, 5) is 36.2. The first-order chi connectivity index (χ1) is 30.5. The number of hydrogen-bond donors (Lipinski definition) is 0. The van der Waals surface area contributed by atoms with Crippen LogP contribution in [0.2, 0.25) is 0 Å². The van der Waals surface area contributed by atoms with Crippen LogP contribution in [0.15, 0.2) is 216 Å². The summed E-state index contributed by atoms with van der Waals surface area (Å²) in [6, 6.07) is 61.6. The highest BCUT2D eigenvalue weighted by atomic mass is 16.1. The van der Waals surface area contributed by atoms with Gasteiger partial charge >= 0.3 is 0 Å². The lowest BCUT2D eigenvalue weighted by Gasteiger charge is -2.14. The summed E-state index contributed by atoms with van der Waals surface area (Å²) >= 11 is 0. The molecule has 0 saturated heterocycles. The molecule has 6 aromatic carbocycles. The van der Waals surface area contributed by atoms with Gasteiger partial charge in [-0.25, -0.2) is 0 Å². The van der Waals surface area contributed by atoms with E-state index in [1.54, 1.807) is 45.8 Å². The second-order valence-corrected chi connectivity index (χ2v) is 14.4. The minimum Gasteiger partial charge on any atom is -0.283 e. The number of fused-ring (bicyclic) bond motifs is 2. The number of nitriles is 2.